The SMILES string of the molecule is Nc1ccc(-n2nccc2NC(=O)c2ccoc2)cc1. The molecule has 100 valence electrons. The number of anilines is 2. The average molecular weight is 268 g/mol. The zero-order valence-corrected chi connectivity index (χ0v) is 10.5. The van der Waals surface area contributed by atoms with Crippen molar-refractivity contribution in [3.05, 3.63) is 60.7 Å². The molecule has 0 fully saturated rings. The Morgan fingerprint density at radius 2 is 2.00 bits per heavy atom. The Morgan fingerprint density at radius 3 is 2.70 bits per heavy atom. The predicted octanol–water partition coefficient (Wildman–Crippen LogP) is 2.30. The van der Waals surface area contributed by atoms with Crippen molar-refractivity contribution < 1.29 is 9.21 Å². The van der Waals surface area contributed by atoms with Crippen LogP contribution in [0.15, 0.2) is 59.5 Å². The molecule has 0 spiro atoms. The molecule has 0 unspecified atom stereocenters. The average Bonchev–Trinajstić information content (AvgIpc) is 3.10. The molecule has 0 saturated carbocycles. The van der Waals surface area contributed by atoms with Crippen LogP contribution in [0.4, 0.5) is 11.5 Å². The number of furan rings is 1. The number of rotatable bonds is 3. The van der Waals surface area contributed by atoms with Gasteiger partial charge in [-0.3, -0.25) is 4.79 Å². The van der Waals surface area contributed by atoms with Gasteiger partial charge in [-0.15, -0.1) is 0 Å². The maximum atomic E-state index is 12.0. The molecule has 0 radical (unpaired) electrons. The third-order valence-corrected chi connectivity index (χ3v) is 2.81. The molecule has 3 N–H and O–H groups in total. The van der Waals surface area contributed by atoms with Gasteiger partial charge in [-0.25, -0.2) is 4.68 Å². The molecule has 0 bridgehead atoms. The van der Waals surface area contributed by atoms with Crippen LogP contribution in [-0.4, -0.2) is 15.7 Å². The molecule has 1 aromatic carbocycles. The van der Waals surface area contributed by atoms with E-state index in [1.807, 2.05) is 12.1 Å². The van der Waals surface area contributed by atoms with Gasteiger partial charge in [0.15, 0.2) is 0 Å². The third-order valence-electron chi connectivity index (χ3n) is 2.81. The van der Waals surface area contributed by atoms with Gasteiger partial charge in [0.05, 0.1) is 23.7 Å². The molecular weight excluding hydrogens is 256 g/mol. The first-order valence-corrected chi connectivity index (χ1v) is 5.97. The normalized spacial score (nSPS) is 10.4. The summed E-state index contributed by atoms with van der Waals surface area (Å²) in [6.45, 7) is 0. The van der Waals surface area contributed by atoms with Crippen molar-refractivity contribution in [1.29, 1.82) is 0 Å². The summed E-state index contributed by atoms with van der Waals surface area (Å²) in [4.78, 5) is 12.0. The minimum Gasteiger partial charge on any atom is -0.472 e. The molecule has 0 aliphatic rings. The van der Waals surface area contributed by atoms with E-state index < -0.39 is 0 Å². The highest BCUT2D eigenvalue weighted by molar-refractivity contribution is 6.03. The van der Waals surface area contributed by atoms with Gasteiger partial charge in [0.25, 0.3) is 5.91 Å². The lowest BCUT2D eigenvalue weighted by atomic mass is 10.3. The second-order valence-electron chi connectivity index (χ2n) is 4.19. The van der Waals surface area contributed by atoms with E-state index in [1.54, 1.807) is 35.1 Å². The van der Waals surface area contributed by atoms with E-state index in [4.69, 9.17) is 10.2 Å². The number of nitrogens with two attached hydrogens (primary N) is 1. The summed E-state index contributed by atoms with van der Waals surface area (Å²) >= 11 is 0. The summed E-state index contributed by atoms with van der Waals surface area (Å²) in [5, 5.41) is 6.96. The number of nitrogens with one attached hydrogen (secondary N) is 1. The Kier molecular flexibility index (Phi) is 2.96. The van der Waals surface area contributed by atoms with Crippen molar-refractivity contribution in [2.45, 2.75) is 0 Å². The molecule has 0 saturated heterocycles. The molecule has 0 aliphatic heterocycles. The fourth-order valence-corrected chi connectivity index (χ4v) is 1.80. The minimum absolute atomic E-state index is 0.254. The number of hydrogen-bond donors (Lipinski definition) is 2. The molecule has 0 aliphatic carbocycles. The number of hydrogen-bond acceptors (Lipinski definition) is 4. The van der Waals surface area contributed by atoms with Crippen LogP contribution in [0.2, 0.25) is 0 Å². The summed E-state index contributed by atoms with van der Waals surface area (Å²) in [5.41, 5.74) is 7.59. The van der Waals surface area contributed by atoms with Crippen LogP contribution in [0, 0.1) is 0 Å². The highest BCUT2D eigenvalue weighted by Gasteiger charge is 2.11. The molecule has 3 aromatic rings. The van der Waals surface area contributed by atoms with Crippen LogP contribution in [-0.2, 0) is 0 Å². The van der Waals surface area contributed by atoms with Gasteiger partial charge in [0.2, 0.25) is 0 Å². The fraction of sp³-hybridized carbons (Fsp3) is 0. The van der Waals surface area contributed by atoms with E-state index in [1.165, 1.54) is 12.5 Å². The van der Waals surface area contributed by atoms with E-state index in [-0.39, 0.29) is 5.91 Å². The van der Waals surface area contributed by atoms with Crippen molar-refractivity contribution in [3.8, 4) is 5.69 Å². The second kappa shape index (κ2) is 4.93. The number of aromatic nitrogens is 2. The summed E-state index contributed by atoms with van der Waals surface area (Å²) in [7, 11) is 0. The van der Waals surface area contributed by atoms with Crippen LogP contribution >= 0.6 is 0 Å². The Bertz CT molecular complexity index is 714. The lowest BCUT2D eigenvalue weighted by molar-refractivity contribution is 0.102. The largest absolute Gasteiger partial charge is 0.472 e. The summed E-state index contributed by atoms with van der Waals surface area (Å²) < 4.78 is 6.51. The molecule has 6 nitrogen and oxygen atoms in total. The van der Waals surface area contributed by atoms with Gasteiger partial charge in [0, 0.05) is 11.8 Å². The number of nitrogens with zero attached hydrogens (tertiary/aromatic N) is 2. The van der Waals surface area contributed by atoms with Crippen molar-refractivity contribution in [2.75, 3.05) is 11.1 Å². The zero-order chi connectivity index (χ0) is 13.9. The zero-order valence-electron chi connectivity index (χ0n) is 10.5. The monoisotopic (exact) mass is 268 g/mol. The first-order chi connectivity index (χ1) is 9.74. The van der Waals surface area contributed by atoms with Crippen molar-refractivity contribution >= 4 is 17.4 Å². The molecular formula is C14H12N4O2. The van der Waals surface area contributed by atoms with Crippen molar-refractivity contribution in [3.63, 3.8) is 0 Å². The molecule has 2 aromatic heterocycles. The van der Waals surface area contributed by atoms with Crippen LogP contribution in [0.5, 0.6) is 0 Å². The minimum atomic E-state index is -0.254. The highest BCUT2D eigenvalue weighted by Crippen LogP contribution is 2.17. The van der Waals surface area contributed by atoms with Crippen molar-refractivity contribution in [2.24, 2.45) is 0 Å². The molecule has 20 heavy (non-hydrogen) atoms. The van der Waals surface area contributed by atoms with Gasteiger partial charge in [-0.2, -0.15) is 5.10 Å². The predicted molar refractivity (Wildman–Crippen MR) is 74.6 cm³/mol. The lowest BCUT2D eigenvalue weighted by Gasteiger charge is -2.08. The maximum absolute atomic E-state index is 12.0. The van der Waals surface area contributed by atoms with Crippen LogP contribution in [0.3, 0.4) is 0 Å². The smallest absolute Gasteiger partial charge is 0.260 e. The first-order valence-electron chi connectivity index (χ1n) is 5.97. The van der Waals surface area contributed by atoms with E-state index in [0.717, 1.165) is 5.69 Å². The van der Waals surface area contributed by atoms with Gasteiger partial charge >= 0.3 is 0 Å². The van der Waals surface area contributed by atoms with Gasteiger partial charge in [0.1, 0.15) is 12.1 Å². The number of carbonyl (C=O) groups is 1. The number of nitrogen functional groups attached to an aromatic ring is 1. The second-order valence-corrected chi connectivity index (χ2v) is 4.19. The standard InChI is InChI=1S/C14H12N4O2/c15-11-1-3-12(4-2-11)18-13(5-7-16-18)17-14(19)10-6-8-20-9-10/h1-9H,15H2,(H,17,19). The highest BCUT2D eigenvalue weighted by atomic mass is 16.3. The topological polar surface area (TPSA) is 86.1 Å². The van der Waals surface area contributed by atoms with Gasteiger partial charge in [-0.05, 0) is 30.3 Å². The van der Waals surface area contributed by atoms with Gasteiger partial charge in [-0.1, -0.05) is 0 Å². The quantitative estimate of drug-likeness (QED) is 0.714. The van der Waals surface area contributed by atoms with Gasteiger partial charge < -0.3 is 15.5 Å². The Balaban J connectivity index is 1.87. The van der Waals surface area contributed by atoms with E-state index in [2.05, 4.69) is 10.4 Å². The first kappa shape index (κ1) is 12.0. The van der Waals surface area contributed by atoms with Crippen LogP contribution in [0.25, 0.3) is 5.69 Å². The molecule has 6 heteroatoms. The molecule has 3 rings (SSSR count). The van der Waals surface area contributed by atoms with E-state index in [0.29, 0.717) is 17.1 Å². The Labute approximate surface area is 114 Å². The lowest BCUT2D eigenvalue weighted by Crippen LogP contribution is -2.14. The number of carbonyl (C=O) groups excluding carboxylic acids is 1. The number of benzene rings is 1. The third kappa shape index (κ3) is 2.26. The fourth-order valence-electron chi connectivity index (χ4n) is 1.80. The van der Waals surface area contributed by atoms with Crippen LogP contribution in [0.1, 0.15) is 10.4 Å². The van der Waals surface area contributed by atoms with Crippen molar-refractivity contribution in [1.82, 2.24) is 9.78 Å². The van der Waals surface area contributed by atoms with Crippen LogP contribution < -0.4 is 11.1 Å². The van der Waals surface area contributed by atoms with E-state index in [9.17, 15) is 4.79 Å². The molecule has 2 heterocycles. The Hall–Kier alpha value is -3.02. The maximum Gasteiger partial charge on any atom is 0.260 e. The van der Waals surface area contributed by atoms with E-state index >= 15 is 0 Å². The molecule has 1 amide bonds. The molecule has 0 atom stereocenters. The summed E-state index contributed by atoms with van der Waals surface area (Å²) in [5.74, 6) is 0.317. The summed E-state index contributed by atoms with van der Waals surface area (Å²) in [6.07, 6.45) is 4.45. The number of amides is 1. The summed E-state index contributed by atoms with van der Waals surface area (Å²) in [6, 6.07) is 10.5. The Morgan fingerprint density at radius 1 is 1.20 bits per heavy atom.